The third-order valence-electron chi connectivity index (χ3n) is 3.07. The van der Waals surface area contributed by atoms with Gasteiger partial charge in [0.05, 0.1) is 4.90 Å². The molecule has 1 rings (SSSR count). The molecule has 1 aromatic rings. The minimum absolute atomic E-state index is 0.131. The predicted octanol–water partition coefficient (Wildman–Crippen LogP) is 1.68. The maximum Gasteiger partial charge on any atom is 0.240 e. The van der Waals surface area contributed by atoms with E-state index in [-0.39, 0.29) is 10.9 Å². The van der Waals surface area contributed by atoms with E-state index < -0.39 is 10.0 Å². The summed E-state index contributed by atoms with van der Waals surface area (Å²) in [6.07, 6.45) is 0.748. The van der Waals surface area contributed by atoms with Crippen LogP contribution in [-0.2, 0) is 16.6 Å². The molecule has 0 saturated carbocycles. The lowest BCUT2D eigenvalue weighted by Crippen LogP contribution is -2.34. The summed E-state index contributed by atoms with van der Waals surface area (Å²) in [5, 5.41) is 3.44. The number of sulfonamides is 1. The van der Waals surface area contributed by atoms with Crippen LogP contribution >= 0.6 is 11.6 Å². The molecule has 0 bridgehead atoms. The summed E-state index contributed by atoms with van der Waals surface area (Å²) in [7, 11) is 2.20. The van der Waals surface area contributed by atoms with Crippen LogP contribution in [-0.4, -0.2) is 47.0 Å². The SMILES string of the molecule is CNCc1ccc(S(=O)(=O)NC(C)CCN(C)C)cc1Cl. The molecule has 0 aromatic heterocycles. The molecular formula is C14H24ClN3O2S. The topological polar surface area (TPSA) is 61.4 Å². The number of hydrogen-bond acceptors (Lipinski definition) is 4. The Kier molecular flexibility index (Phi) is 7.09. The van der Waals surface area contributed by atoms with Crippen LogP contribution in [0.15, 0.2) is 23.1 Å². The third kappa shape index (κ3) is 5.92. The summed E-state index contributed by atoms with van der Waals surface area (Å²) in [4.78, 5) is 2.22. The molecule has 1 unspecified atom stereocenters. The molecule has 120 valence electrons. The van der Waals surface area contributed by atoms with Crippen LogP contribution in [0.2, 0.25) is 5.02 Å². The average Bonchev–Trinajstić information content (AvgIpc) is 2.38. The lowest BCUT2D eigenvalue weighted by atomic mass is 10.2. The second-order valence-corrected chi connectivity index (χ2v) is 7.52. The quantitative estimate of drug-likeness (QED) is 0.760. The van der Waals surface area contributed by atoms with Crippen molar-refractivity contribution in [2.24, 2.45) is 0 Å². The number of nitrogens with zero attached hydrogens (tertiary/aromatic N) is 1. The normalized spacial score (nSPS) is 13.6. The van der Waals surface area contributed by atoms with Crippen molar-refractivity contribution < 1.29 is 8.42 Å². The molecule has 1 atom stereocenters. The van der Waals surface area contributed by atoms with Crippen LogP contribution in [0.1, 0.15) is 18.9 Å². The van der Waals surface area contributed by atoms with Crippen molar-refractivity contribution in [2.75, 3.05) is 27.7 Å². The molecule has 0 saturated heterocycles. The molecular weight excluding hydrogens is 310 g/mol. The summed E-state index contributed by atoms with van der Waals surface area (Å²) in [5.74, 6) is 0. The van der Waals surface area contributed by atoms with Crippen molar-refractivity contribution >= 4 is 21.6 Å². The highest BCUT2D eigenvalue weighted by atomic mass is 35.5. The largest absolute Gasteiger partial charge is 0.316 e. The van der Waals surface area contributed by atoms with Crippen LogP contribution in [0.3, 0.4) is 0 Å². The van der Waals surface area contributed by atoms with Gasteiger partial charge in [-0.3, -0.25) is 0 Å². The number of benzene rings is 1. The summed E-state index contributed by atoms with van der Waals surface area (Å²) >= 11 is 6.11. The molecule has 2 N–H and O–H groups in total. The van der Waals surface area contributed by atoms with E-state index in [0.29, 0.717) is 11.6 Å². The molecule has 7 heteroatoms. The minimum atomic E-state index is -3.53. The first-order valence-electron chi connectivity index (χ1n) is 6.86. The lowest BCUT2D eigenvalue weighted by molar-refractivity contribution is 0.379. The van der Waals surface area contributed by atoms with Gasteiger partial charge in [-0.25, -0.2) is 13.1 Å². The number of hydrogen-bond donors (Lipinski definition) is 2. The van der Waals surface area contributed by atoms with Crippen molar-refractivity contribution in [1.82, 2.24) is 14.9 Å². The molecule has 0 heterocycles. The van der Waals surface area contributed by atoms with Crippen LogP contribution in [0.5, 0.6) is 0 Å². The maximum absolute atomic E-state index is 12.3. The van der Waals surface area contributed by atoms with Gasteiger partial charge in [0.25, 0.3) is 0 Å². The van der Waals surface area contributed by atoms with Crippen LogP contribution < -0.4 is 10.0 Å². The second-order valence-electron chi connectivity index (χ2n) is 5.40. The highest BCUT2D eigenvalue weighted by Crippen LogP contribution is 2.21. The maximum atomic E-state index is 12.3. The first-order chi connectivity index (χ1) is 9.76. The molecule has 1 aromatic carbocycles. The molecule has 0 radical (unpaired) electrons. The van der Waals surface area contributed by atoms with Crippen molar-refractivity contribution in [1.29, 1.82) is 0 Å². The predicted molar refractivity (Wildman–Crippen MR) is 87.2 cm³/mol. The molecule has 0 aliphatic rings. The van der Waals surface area contributed by atoms with E-state index in [9.17, 15) is 8.42 Å². The Morgan fingerprint density at radius 1 is 1.33 bits per heavy atom. The van der Waals surface area contributed by atoms with Crippen LogP contribution in [0.25, 0.3) is 0 Å². The van der Waals surface area contributed by atoms with Gasteiger partial charge in [-0.05, 0) is 58.7 Å². The van der Waals surface area contributed by atoms with Gasteiger partial charge in [0.1, 0.15) is 0 Å². The second kappa shape index (κ2) is 8.10. The Hall–Kier alpha value is -0.660. The number of halogens is 1. The van der Waals surface area contributed by atoms with Gasteiger partial charge in [-0.2, -0.15) is 0 Å². The van der Waals surface area contributed by atoms with E-state index in [2.05, 4.69) is 10.0 Å². The average molecular weight is 334 g/mol. The fraction of sp³-hybridized carbons (Fsp3) is 0.571. The first kappa shape index (κ1) is 18.4. The summed E-state index contributed by atoms with van der Waals surface area (Å²) in [6.45, 7) is 3.29. The van der Waals surface area contributed by atoms with E-state index in [1.54, 1.807) is 12.1 Å². The Morgan fingerprint density at radius 3 is 2.52 bits per heavy atom. The van der Waals surface area contributed by atoms with E-state index >= 15 is 0 Å². The lowest BCUT2D eigenvalue weighted by Gasteiger charge is -2.17. The van der Waals surface area contributed by atoms with E-state index in [0.717, 1.165) is 18.5 Å². The first-order valence-corrected chi connectivity index (χ1v) is 8.72. The Bertz CT molecular complexity index is 561. The highest BCUT2D eigenvalue weighted by molar-refractivity contribution is 7.89. The highest BCUT2D eigenvalue weighted by Gasteiger charge is 2.18. The minimum Gasteiger partial charge on any atom is -0.316 e. The fourth-order valence-electron chi connectivity index (χ4n) is 1.87. The Labute approximate surface area is 132 Å². The van der Waals surface area contributed by atoms with Crippen molar-refractivity contribution in [3.05, 3.63) is 28.8 Å². The molecule has 0 aliphatic carbocycles. The number of nitrogens with one attached hydrogen (secondary N) is 2. The van der Waals surface area contributed by atoms with E-state index in [4.69, 9.17) is 11.6 Å². The zero-order valence-electron chi connectivity index (χ0n) is 13.0. The summed E-state index contributed by atoms with van der Waals surface area (Å²) in [6, 6.07) is 4.68. The number of rotatable bonds is 8. The van der Waals surface area contributed by atoms with Gasteiger partial charge in [-0.15, -0.1) is 0 Å². The zero-order chi connectivity index (χ0) is 16.0. The molecule has 0 aliphatic heterocycles. The standard InChI is InChI=1S/C14H24ClN3O2S/c1-11(7-8-18(3)4)17-21(19,20)13-6-5-12(10-16-2)14(15)9-13/h5-6,9,11,16-17H,7-8,10H2,1-4H3. The Balaban J connectivity index is 2.80. The van der Waals surface area contributed by atoms with E-state index in [1.165, 1.54) is 6.07 Å². The Morgan fingerprint density at radius 2 is 2.00 bits per heavy atom. The summed E-state index contributed by atoms with van der Waals surface area (Å²) < 4.78 is 27.3. The van der Waals surface area contributed by atoms with Crippen molar-refractivity contribution in [3.8, 4) is 0 Å². The van der Waals surface area contributed by atoms with Crippen molar-refractivity contribution in [2.45, 2.75) is 30.8 Å². The van der Waals surface area contributed by atoms with Crippen LogP contribution in [0.4, 0.5) is 0 Å². The van der Waals surface area contributed by atoms with Gasteiger partial charge in [-0.1, -0.05) is 17.7 Å². The molecule has 0 spiro atoms. The van der Waals surface area contributed by atoms with Crippen molar-refractivity contribution in [3.63, 3.8) is 0 Å². The van der Waals surface area contributed by atoms with Gasteiger partial charge in [0.15, 0.2) is 0 Å². The summed E-state index contributed by atoms with van der Waals surface area (Å²) in [5.41, 5.74) is 0.874. The zero-order valence-corrected chi connectivity index (χ0v) is 14.6. The molecule has 0 amide bonds. The molecule has 21 heavy (non-hydrogen) atoms. The van der Waals surface area contributed by atoms with Gasteiger partial charge < -0.3 is 10.2 Å². The van der Waals surface area contributed by atoms with Gasteiger partial charge in [0, 0.05) is 17.6 Å². The van der Waals surface area contributed by atoms with E-state index in [1.807, 2.05) is 33.0 Å². The van der Waals surface area contributed by atoms with Gasteiger partial charge >= 0.3 is 0 Å². The molecule has 5 nitrogen and oxygen atoms in total. The fourth-order valence-corrected chi connectivity index (χ4v) is 3.49. The smallest absolute Gasteiger partial charge is 0.240 e. The molecule has 0 fully saturated rings. The van der Waals surface area contributed by atoms with Gasteiger partial charge in [0.2, 0.25) is 10.0 Å². The monoisotopic (exact) mass is 333 g/mol. The third-order valence-corrected chi connectivity index (χ3v) is 5.01. The van der Waals surface area contributed by atoms with Crippen LogP contribution in [0, 0.1) is 0 Å².